The molecule has 2 N–H and O–H groups in total. The Hall–Kier alpha value is -2.94. The van der Waals surface area contributed by atoms with Crippen molar-refractivity contribution in [3.8, 4) is 0 Å². The quantitative estimate of drug-likeness (QED) is 0.275. The minimum atomic E-state index is 1.03. The van der Waals surface area contributed by atoms with Gasteiger partial charge in [-0.05, 0) is 73.5 Å². The Morgan fingerprint density at radius 3 is 1.35 bits per heavy atom. The van der Waals surface area contributed by atoms with Crippen LogP contribution in [0.15, 0.2) is 78.9 Å². The highest BCUT2D eigenvalue weighted by Gasteiger charge is 2.12. The maximum Gasteiger partial charge on any atom is 0.0463 e. The van der Waals surface area contributed by atoms with Crippen molar-refractivity contribution in [2.75, 3.05) is 28.6 Å². The highest BCUT2D eigenvalue weighted by molar-refractivity contribution is 5.78. The summed E-state index contributed by atoms with van der Waals surface area (Å²) >= 11 is 0. The van der Waals surface area contributed by atoms with Gasteiger partial charge >= 0.3 is 0 Å². The number of nitrogens with one attached hydrogen (secondary N) is 2. The smallest absolute Gasteiger partial charge is 0.0463 e. The van der Waals surface area contributed by atoms with E-state index >= 15 is 0 Å². The zero-order valence-corrected chi connectivity index (χ0v) is 19.1. The minimum absolute atomic E-state index is 1.03. The lowest BCUT2D eigenvalue weighted by Crippen LogP contribution is -2.10. The van der Waals surface area contributed by atoms with Gasteiger partial charge in [-0.2, -0.15) is 0 Å². The van der Waals surface area contributed by atoms with E-state index in [1.807, 2.05) is 0 Å². The fraction of sp³-hybridized carbons (Fsp3) is 0.357. The van der Waals surface area contributed by atoms with Crippen LogP contribution >= 0.6 is 0 Å². The van der Waals surface area contributed by atoms with Gasteiger partial charge in [0, 0.05) is 41.5 Å². The van der Waals surface area contributed by atoms with Gasteiger partial charge in [0.2, 0.25) is 0 Å². The first-order valence-corrected chi connectivity index (χ1v) is 11.8. The number of rotatable bonds is 13. The summed E-state index contributed by atoms with van der Waals surface area (Å²) in [5.41, 5.74) is 5.84. The number of anilines is 5. The molecule has 0 aliphatic heterocycles. The molecule has 3 rings (SSSR count). The molecule has 0 saturated carbocycles. The molecule has 3 aromatic rings. The summed E-state index contributed by atoms with van der Waals surface area (Å²) in [7, 11) is 0. The number of benzene rings is 3. The molecule has 3 heteroatoms. The lowest BCUT2D eigenvalue weighted by Gasteiger charge is -2.26. The second-order valence-corrected chi connectivity index (χ2v) is 8.03. The van der Waals surface area contributed by atoms with E-state index in [9.17, 15) is 0 Å². The van der Waals surface area contributed by atoms with E-state index in [2.05, 4.69) is 108 Å². The molecule has 0 fully saturated rings. The normalized spacial score (nSPS) is 10.6. The topological polar surface area (TPSA) is 27.3 Å². The Kier molecular flexibility index (Phi) is 9.31. The molecule has 0 atom stereocenters. The van der Waals surface area contributed by atoms with Crippen LogP contribution < -0.4 is 15.5 Å². The summed E-state index contributed by atoms with van der Waals surface area (Å²) in [6, 6.07) is 28.1. The van der Waals surface area contributed by atoms with Gasteiger partial charge in [-0.1, -0.05) is 57.7 Å². The van der Waals surface area contributed by atoms with Crippen molar-refractivity contribution in [2.45, 2.75) is 52.4 Å². The maximum atomic E-state index is 3.53. The Balaban J connectivity index is 1.75. The highest BCUT2D eigenvalue weighted by Crippen LogP contribution is 2.35. The highest BCUT2D eigenvalue weighted by atomic mass is 15.1. The number of hydrogen-bond acceptors (Lipinski definition) is 3. The Morgan fingerprint density at radius 1 is 0.516 bits per heavy atom. The first kappa shape index (κ1) is 22.7. The summed E-state index contributed by atoms with van der Waals surface area (Å²) in [6.45, 7) is 6.54. The van der Waals surface area contributed by atoms with Crippen LogP contribution in [0, 0.1) is 0 Å². The Bertz CT molecular complexity index is 802. The average Bonchev–Trinajstić information content (AvgIpc) is 2.82. The first-order chi connectivity index (χ1) is 15.3. The summed E-state index contributed by atoms with van der Waals surface area (Å²) in [5, 5.41) is 7.07. The van der Waals surface area contributed by atoms with Crippen molar-refractivity contribution in [3.63, 3.8) is 0 Å². The van der Waals surface area contributed by atoms with Crippen molar-refractivity contribution >= 4 is 28.4 Å². The van der Waals surface area contributed by atoms with Crippen molar-refractivity contribution in [3.05, 3.63) is 78.9 Å². The molecule has 0 aliphatic rings. The van der Waals surface area contributed by atoms with Crippen LogP contribution in [0.25, 0.3) is 0 Å². The van der Waals surface area contributed by atoms with Gasteiger partial charge in [-0.25, -0.2) is 0 Å². The molecular formula is C28H37N3. The molecule has 3 nitrogen and oxygen atoms in total. The molecule has 0 spiro atoms. The predicted octanol–water partition coefficient (Wildman–Crippen LogP) is 8.36. The zero-order valence-electron chi connectivity index (χ0n) is 19.1. The number of unbranched alkanes of at least 4 members (excludes halogenated alkanes) is 4. The third-order valence-electron chi connectivity index (χ3n) is 5.48. The lowest BCUT2D eigenvalue weighted by molar-refractivity contribution is 0.744. The molecule has 0 heterocycles. The summed E-state index contributed by atoms with van der Waals surface area (Å²) in [4.78, 5) is 2.31. The molecule has 0 aromatic heterocycles. The number of hydrogen-bond donors (Lipinski definition) is 2. The van der Waals surface area contributed by atoms with E-state index in [-0.39, 0.29) is 0 Å². The van der Waals surface area contributed by atoms with Crippen molar-refractivity contribution in [1.29, 1.82) is 0 Å². The lowest BCUT2D eigenvalue weighted by atomic mass is 10.1. The van der Waals surface area contributed by atoms with Crippen LogP contribution in [0.5, 0.6) is 0 Å². The van der Waals surface area contributed by atoms with Gasteiger partial charge in [-0.15, -0.1) is 0 Å². The summed E-state index contributed by atoms with van der Waals surface area (Å²) < 4.78 is 0. The molecule has 0 radical (unpaired) electrons. The van der Waals surface area contributed by atoms with Gasteiger partial charge in [0.05, 0.1) is 0 Å². The van der Waals surface area contributed by atoms with Gasteiger partial charge in [-0.3, -0.25) is 0 Å². The maximum absolute atomic E-state index is 3.53. The molecule has 0 bridgehead atoms. The van der Waals surface area contributed by atoms with E-state index in [1.165, 1.54) is 49.9 Å². The SMILES string of the molecule is CCCCCNc1ccc(N(c2ccccc2)c2ccc(NCCCCC)cc2)cc1. The number of nitrogens with zero attached hydrogens (tertiary/aromatic N) is 1. The van der Waals surface area contributed by atoms with E-state index in [0.29, 0.717) is 0 Å². The molecule has 0 aliphatic carbocycles. The van der Waals surface area contributed by atoms with Crippen molar-refractivity contribution in [1.82, 2.24) is 0 Å². The largest absolute Gasteiger partial charge is 0.385 e. The molecule has 0 unspecified atom stereocenters. The fourth-order valence-electron chi connectivity index (χ4n) is 3.70. The molecule has 164 valence electrons. The Labute approximate surface area is 188 Å². The van der Waals surface area contributed by atoms with Gasteiger partial charge in [0.25, 0.3) is 0 Å². The van der Waals surface area contributed by atoms with Crippen LogP contribution in [0.1, 0.15) is 52.4 Å². The first-order valence-electron chi connectivity index (χ1n) is 11.8. The monoisotopic (exact) mass is 415 g/mol. The van der Waals surface area contributed by atoms with Crippen LogP contribution in [0.3, 0.4) is 0 Å². The van der Waals surface area contributed by atoms with Crippen LogP contribution in [-0.4, -0.2) is 13.1 Å². The molecule has 31 heavy (non-hydrogen) atoms. The number of para-hydroxylation sites is 1. The summed E-state index contributed by atoms with van der Waals surface area (Å²) in [5.74, 6) is 0. The van der Waals surface area contributed by atoms with Crippen molar-refractivity contribution < 1.29 is 0 Å². The molecule has 0 amide bonds. The second-order valence-electron chi connectivity index (χ2n) is 8.03. The van der Waals surface area contributed by atoms with Crippen LogP contribution in [0.2, 0.25) is 0 Å². The average molecular weight is 416 g/mol. The third kappa shape index (κ3) is 7.06. The van der Waals surface area contributed by atoms with E-state index in [1.54, 1.807) is 0 Å². The molecule has 3 aromatic carbocycles. The van der Waals surface area contributed by atoms with Gasteiger partial charge in [0.15, 0.2) is 0 Å². The van der Waals surface area contributed by atoms with Crippen molar-refractivity contribution in [2.24, 2.45) is 0 Å². The Morgan fingerprint density at radius 2 is 0.935 bits per heavy atom. The van der Waals surface area contributed by atoms with Gasteiger partial charge in [0.1, 0.15) is 0 Å². The predicted molar refractivity (Wildman–Crippen MR) is 137 cm³/mol. The van der Waals surface area contributed by atoms with Crippen LogP contribution in [0.4, 0.5) is 28.4 Å². The molecule has 0 saturated heterocycles. The summed E-state index contributed by atoms with van der Waals surface area (Å²) in [6.07, 6.45) is 7.48. The van der Waals surface area contributed by atoms with Crippen LogP contribution in [-0.2, 0) is 0 Å². The van der Waals surface area contributed by atoms with Gasteiger partial charge < -0.3 is 15.5 Å². The second kappa shape index (κ2) is 12.7. The minimum Gasteiger partial charge on any atom is -0.385 e. The zero-order chi connectivity index (χ0) is 21.7. The van der Waals surface area contributed by atoms with E-state index in [4.69, 9.17) is 0 Å². The molecular weight excluding hydrogens is 378 g/mol. The third-order valence-corrected chi connectivity index (χ3v) is 5.48. The van der Waals surface area contributed by atoms with E-state index in [0.717, 1.165) is 30.2 Å². The standard InChI is InChI=1S/C28H37N3/c1-3-5-10-22-29-24-14-18-27(19-15-24)31(26-12-8-7-9-13-26)28-20-16-25(17-21-28)30-23-11-6-4-2/h7-9,12-21,29-30H,3-6,10-11,22-23H2,1-2H3. The fourth-order valence-corrected chi connectivity index (χ4v) is 3.70. The van der Waals surface area contributed by atoms with E-state index < -0.39 is 0 Å².